The van der Waals surface area contributed by atoms with Crippen LogP contribution in [0.1, 0.15) is 37.5 Å². The normalized spacial score (nSPS) is 14.8. The van der Waals surface area contributed by atoms with Gasteiger partial charge in [0.1, 0.15) is 6.61 Å². The van der Waals surface area contributed by atoms with E-state index in [1.807, 2.05) is 20.8 Å². The summed E-state index contributed by atoms with van der Waals surface area (Å²) < 4.78 is 21.6. The molecule has 0 saturated heterocycles. The lowest BCUT2D eigenvalue weighted by Gasteiger charge is -2.30. The van der Waals surface area contributed by atoms with E-state index in [2.05, 4.69) is 24.1 Å². The van der Waals surface area contributed by atoms with Gasteiger partial charge < -0.3 is 18.0 Å². The number of fused-ring (bicyclic) bond motifs is 2. The summed E-state index contributed by atoms with van der Waals surface area (Å²) >= 11 is 0. The third kappa shape index (κ3) is 5.32. The lowest BCUT2D eigenvalue weighted by molar-refractivity contribution is 0.0747. The zero-order valence-electron chi connectivity index (χ0n) is 15.7. The molecular formula is C19H27NO5Si. The van der Waals surface area contributed by atoms with Crippen molar-refractivity contribution in [3.63, 3.8) is 0 Å². The van der Waals surface area contributed by atoms with Crippen molar-refractivity contribution in [2.75, 3.05) is 19.8 Å². The van der Waals surface area contributed by atoms with Crippen LogP contribution >= 0.6 is 0 Å². The second kappa shape index (κ2) is 9.74. The van der Waals surface area contributed by atoms with Gasteiger partial charge in [-0.05, 0) is 37.5 Å². The van der Waals surface area contributed by atoms with Gasteiger partial charge in [0.25, 0.3) is 0 Å². The van der Waals surface area contributed by atoms with Gasteiger partial charge >= 0.3 is 14.9 Å². The number of nitrogens with zero attached hydrogens (tertiary/aromatic N) is 1. The van der Waals surface area contributed by atoms with Gasteiger partial charge in [0, 0.05) is 32.9 Å². The lowest BCUT2D eigenvalue weighted by atomic mass is 10.0. The first-order chi connectivity index (χ1) is 12.6. The standard InChI is InChI=1S/C10H9NO2.C9H18O3Si/c12-10-11-4-7-1-8(5-11)3-9(2-7)6-13-10;1-5-9-13(10-6-2,11-7-3)12-8-4/h1-3H,4-6H2;1H,6-9H2,2-4H3. The van der Waals surface area contributed by atoms with E-state index in [4.69, 9.17) is 24.4 Å². The molecule has 0 saturated carbocycles. The van der Waals surface area contributed by atoms with Crippen LogP contribution in [0.25, 0.3) is 0 Å². The van der Waals surface area contributed by atoms with Crippen molar-refractivity contribution >= 4 is 14.9 Å². The molecule has 26 heavy (non-hydrogen) atoms. The van der Waals surface area contributed by atoms with E-state index in [0.29, 0.717) is 45.6 Å². The van der Waals surface area contributed by atoms with E-state index in [1.54, 1.807) is 4.90 Å². The van der Waals surface area contributed by atoms with E-state index >= 15 is 0 Å². The molecule has 1 aromatic rings. The summed E-state index contributed by atoms with van der Waals surface area (Å²) in [4.78, 5) is 13.1. The van der Waals surface area contributed by atoms with Crippen molar-refractivity contribution in [1.29, 1.82) is 0 Å². The smallest absolute Gasteiger partial charge is 0.445 e. The molecule has 3 aliphatic heterocycles. The summed E-state index contributed by atoms with van der Waals surface area (Å²) in [5.41, 5.74) is 3.55. The minimum absolute atomic E-state index is 0.193. The monoisotopic (exact) mass is 377 g/mol. The van der Waals surface area contributed by atoms with Crippen molar-refractivity contribution < 1.29 is 22.8 Å². The number of rotatable bonds is 7. The molecule has 6 nitrogen and oxygen atoms in total. The highest BCUT2D eigenvalue weighted by molar-refractivity contribution is 6.61. The van der Waals surface area contributed by atoms with Crippen LogP contribution in [-0.4, -0.2) is 39.6 Å². The van der Waals surface area contributed by atoms with Crippen molar-refractivity contribution in [3.05, 3.63) is 34.9 Å². The predicted molar refractivity (Wildman–Crippen MR) is 100 cm³/mol. The first kappa shape index (κ1) is 20.5. The third-order valence-corrected chi connectivity index (χ3v) is 6.71. The number of terminal acetylenes is 1. The highest BCUT2D eigenvalue weighted by atomic mass is 28.4. The SMILES string of the molecule is C#CC[Si](OCC)(OCC)OCC.O=C1OCc2cc3cc(c2)CN1C3. The van der Waals surface area contributed by atoms with Gasteiger partial charge in [0.15, 0.2) is 0 Å². The summed E-state index contributed by atoms with van der Waals surface area (Å²) in [5.74, 6) is 2.55. The number of ether oxygens (including phenoxy) is 1. The molecule has 0 fully saturated rings. The van der Waals surface area contributed by atoms with Gasteiger partial charge in [-0.2, -0.15) is 0 Å². The third-order valence-electron chi connectivity index (χ3n) is 3.89. The fraction of sp³-hybridized carbons (Fsp3) is 0.526. The van der Waals surface area contributed by atoms with E-state index in [1.165, 1.54) is 11.1 Å². The summed E-state index contributed by atoms with van der Waals surface area (Å²) in [6.07, 6.45) is 5.06. The summed E-state index contributed by atoms with van der Waals surface area (Å²) in [5, 5.41) is 0. The molecule has 0 atom stereocenters. The Bertz CT molecular complexity index is 615. The molecule has 7 heteroatoms. The Labute approximate surface area is 156 Å². The fourth-order valence-corrected chi connectivity index (χ4v) is 5.16. The Kier molecular flexibility index (Phi) is 7.66. The van der Waals surface area contributed by atoms with E-state index in [0.717, 1.165) is 5.56 Å². The first-order valence-corrected chi connectivity index (χ1v) is 10.9. The van der Waals surface area contributed by atoms with E-state index in [-0.39, 0.29) is 6.09 Å². The Balaban J connectivity index is 0.000000187. The number of hydrogen-bond donors (Lipinski definition) is 0. The van der Waals surface area contributed by atoms with Crippen LogP contribution < -0.4 is 0 Å². The zero-order chi connectivity index (χ0) is 19.0. The molecule has 142 valence electrons. The molecule has 0 spiro atoms. The number of benzene rings is 1. The van der Waals surface area contributed by atoms with Crippen molar-refractivity contribution in [2.24, 2.45) is 0 Å². The summed E-state index contributed by atoms with van der Waals surface area (Å²) in [7, 11) is -2.53. The van der Waals surface area contributed by atoms with Crippen molar-refractivity contribution in [3.8, 4) is 12.3 Å². The van der Waals surface area contributed by atoms with Crippen LogP contribution in [0.5, 0.6) is 0 Å². The summed E-state index contributed by atoms with van der Waals surface area (Å²) in [6.45, 7) is 9.27. The maximum absolute atomic E-state index is 11.4. The molecule has 1 aromatic carbocycles. The molecule has 0 aliphatic carbocycles. The molecule has 1 amide bonds. The molecule has 0 radical (unpaired) electrons. The lowest BCUT2D eigenvalue weighted by Crippen LogP contribution is -2.45. The van der Waals surface area contributed by atoms with Crippen LogP contribution in [0, 0.1) is 12.3 Å². The maximum Gasteiger partial charge on any atom is 0.513 e. The quantitative estimate of drug-likeness (QED) is 0.539. The molecule has 4 bridgehead atoms. The highest BCUT2D eigenvalue weighted by Crippen LogP contribution is 2.24. The molecule has 0 unspecified atom stereocenters. The topological polar surface area (TPSA) is 57.2 Å². The Morgan fingerprint density at radius 1 is 1.04 bits per heavy atom. The van der Waals surface area contributed by atoms with Gasteiger partial charge in [-0.3, -0.25) is 4.90 Å². The minimum atomic E-state index is -2.53. The van der Waals surface area contributed by atoms with Crippen molar-refractivity contribution in [2.45, 2.75) is 46.5 Å². The van der Waals surface area contributed by atoms with Crippen LogP contribution in [0.3, 0.4) is 0 Å². The molecule has 3 heterocycles. The van der Waals surface area contributed by atoms with Gasteiger partial charge in [0.05, 0.1) is 6.04 Å². The molecule has 0 aromatic heterocycles. The van der Waals surface area contributed by atoms with Crippen LogP contribution in [-0.2, 0) is 37.7 Å². The predicted octanol–water partition coefficient (Wildman–Crippen LogP) is 3.32. The average molecular weight is 378 g/mol. The van der Waals surface area contributed by atoms with Gasteiger partial charge in [-0.15, -0.1) is 12.3 Å². The minimum Gasteiger partial charge on any atom is -0.445 e. The molecule has 3 aliphatic rings. The zero-order valence-corrected chi connectivity index (χ0v) is 16.7. The van der Waals surface area contributed by atoms with Crippen LogP contribution in [0.4, 0.5) is 4.79 Å². The molecule has 0 N–H and O–H groups in total. The number of amides is 1. The second-order valence-corrected chi connectivity index (χ2v) is 8.52. The van der Waals surface area contributed by atoms with Crippen molar-refractivity contribution in [1.82, 2.24) is 4.90 Å². The number of carbonyl (C=O) groups is 1. The maximum atomic E-state index is 11.4. The Morgan fingerprint density at radius 3 is 2.00 bits per heavy atom. The average Bonchev–Trinajstić information content (AvgIpc) is 2.59. The van der Waals surface area contributed by atoms with Crippen LogP contribution in [0.15, 0.2) is 18.2 Å². The number of carbonyl (C=O) groups excluding carboxylic acids is 1. The van der Waals surface area contributed by atoms with Gasteiger partial charge in [-0.1, -0.05) is 18.2 Å². The van der Waals surface area contributed by atoms with E-state index < -0.39 is 8.80 Å². The Morgan fingerprint density at radius 2 is 1.54 bits per heavy atom. The van der Waals surface area contributed by atoms with Gasteiger partial charge in [0.2, 0.25) is 0 Å². The van der Waals surface area contributed by atoms with Crippen LogP contribution in [0.2, 0.25) is 6.04 Å². The second-order valence-electron chi connectivity index (χ2n) is 5.93. The molecular weight excluding hydrogens is 350 g/mol. The highest BCUT2D eigenvalue weighted by Gasteiger charge is 2.39. The summed E-state index contributed by atoms with van der Waals surface area (Å²) in [6, 6.07) is 6.80. The number of hydrogen-bond acceptors (Lipinski definition) is 5. The molecule has 4 rings (SSSR count). The van der Waals surface area contributed by atoms with E-state index in [9.17, 15) is 4.79 Å². The Hall–Kier alpha value is -1.85. The fourth-order valence-electron chi connectivity index (χ4n) is 3.03. The first-order valence-electron chi connectivity index (χ1n) is 8.94. The van der Waals surface area contributed by atoms with Gasteiger partial charge in [-0.25, -0.2) is 4.79 Å². The largest absolute Gasteiger partial charge is 0.513 e.